The smallest absolute Gasteiger partial charge is 0.227 e. The normalized spacial score (nSPS) is 14.0. The number of pyridine rings is 2. The molecule has 4 heterocycles. The van der Waals surface area contributed by atoms with Crippen molar-refractivity contribution in [2.75, 3.05) is 12.4 Å². The van der Waals surface area contributed by atoms with Crippen LogP contribution < -0.4 is 10.1 Å². The summed E-state index contributed by atoms with van der Waals surface area (Å²) < 4.78 is 19.6. The van der Waals surface area contributed by atoms with E-state index in [1.807, 2.05) is 36.4 Å². The molecule has 1 amide bonds. The average molecular weight is 562 g/mol. The number of para-hydroxylation sites is 1. The first-order chi connectivity index (χ1) is 20.6. The maximum absolute atomic E-state index is 14.3. The molecule has 0 atom stereocenters. The van der Waals surface area contributed by atoms with Crippen molar-refractivity contribution in [2.24, 2.45) is 5.92 Å². The fraction of sp³-hybridized carbons (Fsp3) is 0.219. The van der Waals surface area contributed by atoms with E-state index in [2.05, 4.69) is 25.5 Å². The van der Waals surface area contributed by atoms with Gasteiger partial charge in [0.05, 0.1) is 41.2 Å². The number of ether oxygens (including phenoxy) is 1. The van der Waals surface area contributed by atoms with Gasteiger partial charge in [-0.05, 0) is 54.8 Å². The summed E-state index contributed by atoms with van der Waals surface area (Å²) in [6.07, 6.45) is 8.64. The summed E-state index contributed by atoms with van der Waals surface area (Å²) in [7, 11) is 1.51. The van der Waals surface area contributed by atoms with Crippen molar-refractivity contribution >= 4 is 33.7 Å². The largest absolute Gasteiger partial charge is 0.497 e. The van der Waals surface area contributed by atoms with E-state index < -0.39 is 0 Å². The lowest BCUT2D eigenvalue weighted by Gasteiger charge is -2.20. The van der Waals surface area contributed by atoms with E-state index in [1.54, 1.807) is 18.5 Å². The van der Waals surface area contributed by atoms with Crippen molar-refractivity contribution in [2.45, 2.75) is 32.1 Å². The third kappa shape index (κ3) is 4.85. The van der Waals surface area contributed by atoms with Crippen molar-refractivity contribution in [3.8, 4) is 39.7 Å². The summed E-state index contributed by atoms with van der Waals surface area (Å²) in [5.74, 6) is 0.676. The number of hydrogen-bond donors (Lipinski definition) is 3. The number of nitrogens with zero attached hydrogens (tertiary/aromatic N) is 4. The topological polar surface area (TPSA) is 121 Å². The van der Waals surface area contributed by atoms with E-state index in [0.29, 0.717) is 45.2 Å². The highest BCUT2D eigenvalue weighted by Gasteiger charge is 2.22. The molecule has 1 aliphatic carbocycles. The Morgan fingerprint density at radius 2 is 1.83 bits per heavy atom. The summed E-state index contributed by atoms with van der Waals surface area (Å²) >= 11 is 0. The number of aromatic nitrogens is 6. The number of hydrogen-bond acceptors (Lipinski definition) is 6. The molecule has 7 rings (SSSR count). The van der Waals surface area contributed by atoms with Gasteiger partial charge in [0.25, 0.3) is 0 Å². The number of carbonyl (C=O) groups excluding carboxylic acids is 1. The minimum atomic E-state index is -0.390. The molecular formula is C32H28FN7O2. The van der Waals surface area contributed by atoms with E-state index in [-0.39, 0.29) is 17.6 Å². The molecule has 9 nitrogen and oxygen atoms in total. The Bertz CT molecular complexity index is 1940. The highest BCUT2D eigenvalue weighted by Crippen LogP contribution is 2.34. The molecule has 1 fully saturated rings. The molecule has 4 aromatic heterocycles. The van der Waals surface area contributed by atoms with E-state index in [4.69, 9.17) is 14.7 Å². The second-order valence-corrected chi connectivity index (χ2v) is 10.6. The number of carbonyl (C=O) groups is 1. The van der Waals surface area contributed by atoms with Crippen LogP contribution in [0, 0.1) is 11.7 Å². The van der Waals surface area contributed by atoms with E-state index in [9.17, 15) is 9.18 Å². The molecule has 10 heteroatoms. The first-order valence-electron chi connectivity index (χ1n) is 14.0. The third-order valence-electron chi connectivity index (χ3n) is 7.84. The van der Waals surface area contributed by atoms with Crippen LogP contribution in [0.4, 0.5) is 10.1 Å². The average Bonchev–Trinajstić information content (AvgIpc) is 3.65. The van der Waals surface area contributed by atoms with Gasteiger partial charge in [0.1, 0.15) is 17.1 Å². The second-order valence-electron chi connectivity index (χ2n) is 10.6. The second kappa shape index (κ2) is 10.7. The molecule has 0 radical (unpaired) electrons. The Balaban J connectivity index is 1.23. The summed E-state index contributed by atoms with van der Waals surface area (Å²) in [5, 5.41) is 10.6. The standard InChI is InChI=1S/C32H28FN7O2/c1-42-23-14-19(12-21(33)15-23)24-8-5-9-26-28(24)38-31(37-26)30-29-27(39-40-30)11-10-25(36-29)20-13-22(17-34-16-20)35-32(41)18-6-3-2-4-7-18/h5,8-18H,2-4,6-7H2,1H3,(H,35,41)(H,37,38)(H,39,40). The number of methoxy groups -OCH3 is 1. The monoisotopic (exact) mass is 561 g/mol. The van der Waals surface area contributed by atoms with Crippen LogP contribution in [0.3, 0.4) is 0 Å². The molecule has 210 valence electrons. The number of H-pyrrole nitrogens is 2. The number of rotatable bonds is 6. The molecule has 1 saturated carbocycles. The zero-order chi connectivity index (χ0) is 28.6. The number of amides is 1. The Morgan fingerprint density at radius 3 is 2.69 bits per heavy atom. The van der Waals surface area contributed by atoms with Crippen LogP contribution in [0.15, 0.2) is 67.0 Å². The van der Waals surface area contributed by atoms with Gasteiger partial charge in [-0.2, -0.15) is 5.10 Å². The molecular weight excluding hydrogens is 533 g/mol. The van der Waals surface area contributed by atoms with Crippen molar-refractivity contribution in [1.29, 1.82) is 0 Å². The van der Waals surface area contributed by atoms with Gasteiger partial charge in [-0.3, -0.25) is 14.9 Å². The summed E-state index contributed by atoms with van der Waals surface area (Å²) in [4.78, 5) is 30.3. The molecule has 2 aromatic carbocycles. The fourth-order valence-electron chi connectivity index (χ4n) is 5.70. The first kappa shape index (κ1) is 25.8. The molecule has 1 aliphatic rings. The maximum Gasteiger partial charge on any atom is 0.227 e. The van der Waals surface area contributed by atoms with Gasteiger partial charge in [-0.1, -0.05) is 31.4 Å². The minimum Gasteiger partial charge on any atom is -0.497 e. The Labute approximate surface area is 240 Å². The van der Waals surface area contributed by atoms with Crippen LogP contribution in [-0.4, -0.2) is 43.2 Å². The van der Waals surface area contributed by atoms with Crippen LogP contribution >= 0.6 is 0 Å². The van der Waals surface area contributed by atoms with Crippen LogP contribution in [0.2, 0.25) is 0 Å². The van der Waals surface area contributed by atoms with E-state index in [0.717, 1.165) is 47.8 Å². The SMILES string of the molecule is COc1cc(F)cc(-c2cccc3[nH]c(-c4n[nH]c5ccc(-c6cncc(NC(=O)C7CCCCC7)c6)nc45)nc23)c1. The molecule has 0 unspecified atom stereocenters. The van der Waals surface area contributed by atoms with E-state index >= 15 is 0 Å². The highest BCUT2D eigenvalue weighted by molar-refractivity contribution is 5.97. The maximum atomic E-state index is 14.3. The number of anilines is 1. The van der Waals surface area contributed by atoms with Crippen LogP contribution in [0.5, 0.6) is 5.75 Å². The van der Waals surface area contributed by atoms with Crippen LogP contribution in [-0.2, 0) is 4.79 Å². The van der Waals surface area contributed by atoms with Gasteiger partial charge >= 0.3 is 0 Å². The highest BCUT2D eigenvalue weighted by atomic mass is 19.1. The van der Waals surface area contributed by atoms with Gasteiger partial charge in [0.2, 0.25) is 5.91 Å². The summed E-state index contributed by atoms with van der Waals surface area (Å²) in [6.45, 7) is 0. The molecule has 42 heavy (non-hydrogen) atoms. The van der Waals surface area contributed by atoms with Gasteiger partial charge in [-0.25, -0.2) is 14.4 Å². The Kier molecular flexibility index (Phi) is 6.58. The fourth-order valence-corrected chi connectivity index (χ4v) is 5.70. The number of benzene rings is 2. The first-order valence-corrected chi connectivity index (χ1v) is 14.0. The molecule has 0 saturated heterocycles. The van der Waals surface area contributed by atoms with Gasteiger partial charge in [-0.15, -0.1) is 0 Å². The van der Waals surface area contributed by atoms with E-state index in [1.165, 1.54) is 25.7 Å². The molecule has 0 spiro atoms. The quantitative estimate of drug-likeness (QED) is 0.203. The van der Waals surface area contributed by atoms with Crippen molar-refractivity contribution in [3.63, 3.8) is 0 Å². The predicted molar refractivity (Wildman–Crippen MR) is 159 cm³/mol. The van der Waals surface area contributed by atoms with Crippen molar-refractivity contribution in [1.82, 2.24) is 30.1 Å². The Hall–Kier alpha value is -5.12. The van der Waals surface area contributed by atoms with Gasteiger partial charge in [0, 0.05) is 29.3 Å². The third-order valence-corrected chi connectivity index (χ3v) is 7.84. The number of halogens is 1. The Morgan fingerprint density at radius 1 is 0.952 bits per heavy atom. The van der Waals surface area contributed by atoms with Gasteiger partial charge < -0.3 is 15.0 Å². The summed E-state index contributed by atoms with van der Waals surface area (Å²) in [5.41, 5.74) is 6.94. The zero-order valence-corrected chi connectivity index (χ0v) is 22.9. The molecule has 0 aliphatic heterocycles. The predicted octanol–water partition coefficient (Wildman–Crippen LogP) is 6.90. The van der Waals surface area contributed by atoms with Crippen LogP contribution in [0.1, 0.15) is 32.1 Å². The number of aromatic amines is 2. The lowest BCUT2D eigenvalue weighted by Crippen LogP contribution is -2.24. The molecule has 0 bridgehead atoms. The lowest BCUT2D eigenvalue weighted by atomic mass is 9.88. The number of imidazole rings is 1. The van der Waals surface area contributed by atoms with Crippen molar-refractivity contribution < 1.29 is 13.9 Å². The molecule has 3 N–H and O–H groups in total. The van der Waals surface area contributed by atoms with Crippen molar-refractivity contribution in [3.05, 3.63) is 72.8 Å². The number of fused-ring (bicyclic) bond motifs is 2. The molecule has 6 aromatic rings. The summed E-state index contributed by atoms with van der Waals surface area (Å²) in [6, 6.07) is 16.0. The van der Waals surface area contributed by atoms with Gasteiger partial charge in [0.15, 0.2) is 11.5 Å². The lowest BCUT2D eigenvalue weighted by molar-refractivity contribution is -0.120. The van der Waals surface area contributed by atoms with Crippen LogP contribution in [0.25, 0.3) is 56.0 Å². The zero-order valence-electron chi connectivity index (χ0n) is 22.9. The number of nitrogens with one attached hydrogen (secondary N) is 3. The minimum absolute atomic E-state index is 0.0510.